The fourth-order valence-corrected chi connectivity index (χ4v) is 4.45. The molecular weight excluding hydrogens is 546 g/mol. The maximum atomic E-state index is 14.0. The summed E-state index contributed by atoms with van der Waals surface area (Å²) in [5.41, 5.74) is 1.51. The zero-order valence-electron chi connectivity index (χ0n) is 23.3. The highest BCUT2D eigenvalue weighted by molar-refractivity contribution is 6.35. The molecule has 2 aromatic heterocycles. The summed E-state index contributed by atoms with van der Waals surface area (Å²) < 4.78 is 12.4. The van der Waals surface area contributed by atoms with Crippen molar-refractivity contribution in [2.75, 3.05) is 31.4 Å². The van der Waals surface area contributed by atoms with E-state index in [-0.39, 0.29) is 29.0 Å². The number of aryl methyl sites for hydroxylation is 2. The number of amides is 1. The minimum absolute atomic E-state index is 0.217. The number of carbonyl (C=O) groups is 1. The molecule has 3 N–H and O–H groups in total. The van der Waals surface area contributed by atoms with E-state index < -0.39 is 5.60 Å². The molecule has 0 aliphatic carbocycles. The van der Waals surface area contributed by atoms with Gasteiger partial charge in [-0.25, -0.2) is 4.98 Å². The second-order valence-electron chi connectivity index (χ2n) is 9.98. The van der Waals surface area contributed by atoms with Gasteiger partial charge in [-0.1, -0.05) is 30.3 Å². The fourth-order valence-electron chi connectivity index (χ4n) is 4.16. The predicted octanol–water partition coefficient (Wildman–Crippen LogP) is 4.68. The van der Waals surface area contributed by atoms with Crippen molar-refractivity contribution in [1.29, 1.82) is 0 Å². The summed E-state index contributed by atoms with van der Waals surface area (Å²) >= 11 is 6.66. The SMILES string of the molecule is C=CC(=O)Nc1ccc(CCn2c(=O)c(-c3cc(OC)cc(OC)c3Cl)cc3cnc(NCC(C)(C)O)nc32)cc1. The highest BCUT2D eigenvalue weighted by atomic mass is 35.5. The molecule has 2 aromatic carbocycles. The topological polar surface area (TPSA) is 128 Å². The Morgan fingerprint density at radius 2 is 1.88 bits per heavy atom. The third kappa shape index (κ3) is 7.03. The molecule has 41 heavy (non-hydrogen) atoms. The second kappa shape index (κ2) is 12.4. The molecule has 0 fully saturated rings. The number of rotatable bonds is 11. The Morgan fingerprint density at radius 1 is 1.15 bits per heavy atom. The average Bonchev–Trinajstić information content (AvgIpc) is 2.96. The number of carbonyl (C=O) groups excluding carboxylic acids is 1. The Balaban J connectivity index is 1.80. The van der Waals surface area contributed by atoms with E-state index in [9.17, 15) is 14.7 Å². The summed E-state index contributed by atoms with van der Waals surface area (Å²) in [7, 11) is 3.02. The number of ether oxygens (including phenoxy) is 2. The number of hydrogen-bond donors (Lipinski definition) is 3. The standard InChI is InChI=1S/C30H32ClN5O5/c1-6-25(37)34-20-9-7-18(8-10-20)11-12-36-27-19(16-32-29(35-27)33-17-30(2,3)39)13-23(28(36)38)22-14-21(40-4)15-24(41-5)26(22)31/h6-10,13-16,39H,1,11-12,17H2,2-5H3,(H,34,37)(H,32,33,35). The molecule has 11 heteroatoms. The molecule has 0 spiro atoms. The number of aromatic nitrogens is 3. The number of nitrogens with one attached hydrogen (secondary N) is 2. The van der Waals surface area contributed by atoms with Gasteiger partial charge in [0.05, 0.1) is 24.8 Å². The van der Waals surface area contributed by atoms with E-state index in [0.717, 1.165) is 5.56 Å². The molecule has 0 saturated heterocycles. The molecule has 0 saturated carbocycles. The summed E-state index contributed by atoms with van der Waals surface area (Å²) in [5.74, 6) is 0.842. The molecule has 214 valence electrons. The molecule has 0 atom stereocenters. The Bertz CT molecular complexity index is 1640. The Labute approximate surface area is 242 Å². The van der Waals surface area contributed by atoms with Gasteiger partial charge in [0, 0.05) is 47.6 Å². The van der Waals surface area contributed by atoms with Crippen LogP contribution in [-0.4, -0.2) is 51.9 Å². The van der Waals surface area contributed by atoms with Crippen LogP contribution in [0.15, 0.2) is 66.1 Å². The maximum absolute atomic E-state index is 14.0. The van der Waals surface area contributed by atoms with E-state index in [1.54, 1.807) is 54.9 Å². The largest absolute Gasteiger partial charge is 0.497 e. The quantitative estimate of drug-likeness (QED) is 0.219. The molecule has 0 bridgehead atoms. The van der Waals surface area contributed by atoms with Crippen LogP contribution in [0.3, 0.4) is 0 Å². The van der Waals surface area contributed by atoms with E-state index in [0.29, 0.717) is 52.3 Å². The van der Waals surface area contributed by atoms with E-state index in [1.165, 1.54) is 20.3 Å². The van der Waals surface area contributed by atoms with Crippen LogP contribution in [0.2, 0.25) is 5.02 Å². The molecule has 0 radical (unpaired) electrons. The summed E-state index contributed by atoms with van der Waals surface area (Å²) in [5, 5.41) is 16.8. The van der Waals surface area contributed by atoms with Gasteiger partial charge in [-0.3, -0.25) is 14.2 Å². The zero-order chi connectivity index (χ0) is 29.7. The first kappa shape index (κ1) is 29.6. The van der Waals surface area contributed by atoms with Gasteiger partial charge in [-0.05, 0) is 56.2 Å². The maximum Gasteiger partial charge on any atom is 0.260 e. The minimum atomic E-state index is -0.985. The van der Waals surface area contributed by atoms with E-state index >= 15 is 0 Å². The van der Waals surface area contributed by atoms with Gasteiger partial charge in [-0.2, -0.15) is 4.98 Å². The van der Waals surface area contributed by atoms with Gasteiger partial charge in [0.15, 0.2) is 0 Å². The molecule has 0 aliphatic rings. The van der Waals surface area contributed by atoms with Crippen molar-refractivity contribution in [1.82, 2.24) is 14.5 Å². The lowest BCUT2D eigenvalue weighted by atomic mass is 10.0. The van der Waals surface area contributed by atoms with Gasteiger partial charge in [-0.15, -0.1) is 0 Å². The molecule has 4 rings (SSSR count). The van der Waals surface area contributed by atoms with Crippen LogP contribution in [0.4, 0.5) is 11.6 Å². The van der Waals surface area contributed by atoms with Crippen molar-refractivity contribution >= 4 is 40.2 Å². The zero-order valence-corrected chi connectivity index (χ0v) is 24.1. The molecule has 0 aliphatic heterocycles. The lowest BCUT2D eigenvalue weighted by molar-refractivity contribution is -0.111. The monoisotopic (exact) mass is 577 g/mol. The minimum Gasteiger partial charge on any atom is -0.497 e. The van der Waals surface area contributed by atoms with Crippen molar-refractivity contribution in [3.63, 3.8) is 0 Å². The van der Waals surface area contributed by atoms with E-state index in [1.807, 2.05) is 12.1 Å². The van der Waals surface area contributed by atoms with Gasteiger partial charge in [0.1, 0.15) is 17.1 Å². The number of methoxy groups -OCH3 is 2. The van der Waals surface area contributed by atoms with Crippen LogP contribution >= 0.6 is 11.6 Å². The average molecular weight is 578 g/mol. The second-order valence-corrected chi connectivity index (χ2v) is 10.4. The van der Waals surface area contributed by atoms with E-state index in [2.05, 4.69) is 27.2 Å². The third-order valence-corrected chi connectivity index (χ3v) is 6.69. The first-order valence-corrected chi connectivity index (χ1v) is 13.2. The highest BCUT2D eigenvalue weighted by Crippen LogP contribution is 2.38. The van der Waals surface area contributed by atoms with Crippen molar-refractivity contribution in [3.05, 3.63) is 82.3 Å². The first-order chi connectivity index (χ1) is 19.5. The van der Waals surface area contributed by atoms with E-state index in [4.69, 9.17) is 21.1 Å². The van der Waals surface area contributed by atoms with Crippen LogP contribution in [0, 0.1) is 0 Å². The number of hydrogen-bond acceptors (Lipinski definition) is 8. The molecular formula is C30H32ClN5O5. The molecule has 1 amide bonds. The molecule has 4 aromatic rings. The number of fused-ring (bicyclic) bond motifs is 1. The number of pyridine rings is 1. The number of anilines is 2. The van der Waals surface area contributed by atoms with Gasteiger partial charge >= 0.3 is 0 Å². The summed E-state index contributed by atoms with van der Waals surface area (Å²) in [6.07, 6.45) is 3.33. The number of nitrogens with zero attached hydrogens (tertiary/aromatic N) is 3. The van der Waals surface area contributed by atoms with Gasteiger partial charge in [0.2, 0.25) is 11.9 Å². The highest BCUT2D eigenvalue weighted by Gasteiger charge is 2.20. The van der Waals surface area contributed by atoms with Crippen molar-refractivity contribution < 1.29 is 19.4 Å². The summed E-state index contributed by atoms with van der Waals surface area (Å²) in [4.78, 5) is 34.6. The Morgan fingerprint density at radius 3 is 2.51 bits per heavy atom. The number of benzene rings is 2. The third-order valence-electron chi connectivity index (χ3n) is 6.30. The Hall–Kier alpha value is -4.41. The van der Waals surface area contributed by atoms with Crippen LogP contribution < -0.4 is 25.7 Å². The van der Waals surface area contributed by atoms with Gasteiger partial charge in [0.25, 0.3) is 5.56 Å². The summed E-state index contributed by atoms with van der Waals surface area (Å²) in [6.45, 7) is 7.31. The lowest BCUT2D eigenvalue weighted by Gasteiger charge is -2.18. The van der Waals surface area contributed by atoms with Crippen LogP contribution in [-0.2, 0) is 17.8 Å². The smallest absolute Gasteiger partial charge is 0.260 e. The predicted molar refractivity (Wildman–Crippen MR) is 161 cm³/mol. The van der Waals surface area contributed by atoms with Crippen molar-refractivity contribution in [2.24, 2.45) is 0 Å². The van der Waals surface area contributed by atoms with Gasteiger partial charge < -0.3 is 25.2 Å². The van der Waals surface area contributed by atoms with Crippen LogP contribution in [0.25, 0.3) is 22.2 Å². The van der Waals surface area contributed by atoms with Crippen LogP contribution in [0.1, 0.15) is 19.4 Å². The lowest BCUT2D eigenvalue weighted by Crippen LogP contribution is -2.30. The van der Waals surface area contributed by atoms with Crippen molar-refractivity contribution in [2.45, 2.75) is 32.4 Å². The molecule has 10 nitrogen and oxygen atoms in total. The Kier molecular flexibility index (Phi) is 8.95. The first-order valence-electron chi connectivity index (χ1n) is 12.8. The number of aliphatic hydroxyl groups is 1. The fraction of sp³-hybridized carbons (Fsp3) is 0.267. The number of halogens is 1. The molecule has 0 unspecified atom stereocenters. The normalized spacial score (nSPS) is 11.3. The molecule has 2 heterocycles. The summed E-state index contributed by atoms with van der Waals surface area (Å²) in [6, 6.07) is 12.4. The van der Waals surface area contributed by atoms with Crippen molar-refractivity contribution in [3.8, 4) is 22.6 Å². The van der Waals surface area contributed by atoms with Crippen LogP contribution in [0.5, 0.6) is 11.5 Å².